The summed E-state index contributed by atoms with van der Waals surface area (Å²) < 4.78 is 1.84. The fourth-order valence-corrected chi connectivity index (χ4v) is 2.27. The Morgan fingerprint density at radius 3 is 2.47 bits per heavy atom. The summed E-state index contributed by atoms with van der Waals surface area (Å²) in [6.07, 6.45) is 3.74. The number of rotatable bonds is 3. The van der Waals surface area contributed by atoms with Crippen LogP contribution in [0.2, 0.25) is 0 Å². The lowest BCUT2D eigenvalue weighted by Gasteiger charge is -2.02. The summed E-state index contributed by atoms with van der Waals surface area (Å²) in [7, 11) is 0. The van der Waals surface area contributed by atoms with Gasteiger partial charge in [0.05, 0.1) is 5.69 Å². The number of hydrogen-bond acceptors (Lipinski definition) is 4. The molecule has 0 N–H and O–H groups in total. The first-order valence-electron chi connectivity index (χ1n) is 5.86. The monoisotopic (exact) mass is 268 g/mol. The third-order valence-electron chi connectivity index (χ3n) is 2.65. The fraction of sp³-hybridized carbons (Fsp3) is 0.0714. The van der Waals surface area contributed by atoms with Crippen molar-refractivity contribution in [3.63, 3.8) is 0 Å². The summed E-state index contributed by atoms with van der Waals surface area (Å²) in [4.78, 5) is 8.81. The Balaban J connectivity index is 2.09. The molecular weight excluding hydrogens is 256 g/mol. The zero-order valence-electron chi connectivity index (χ0n) is 10.4. The summed E-state index contributed by atoms with van der Waals surface area (Å²) in [6, 6.07) is 15.7. The molecule has 0 aliphatic heterocycles. The van der Waals surface area contributed by atoms with E-state index >= 15 is 0 Å². The van der Waals surface area contributed by atoms with Crippen molar-refractivity contribution < 1.29 is 0 Å². The Morgan fingerprint density at radius 2 is 1.79 bits per heavy atom. The van der Waals surface area contributed by atoms with Crippen molar-refractivity contribution in [1.82, 2.24) is 19.7 Å². The molecule has 19 heavy (non-hydrogen) atoms. The van der Waals surface area contributed by atoms with Crippen molar-refractivity contribution in [2.75, 3.05) is 6.26 Å². The Morgan fingerprint density at radius 1 is 1.00 bits per heavy atom. The van der Waals surface area contributed by atoms with Crippen LogP contribution in [0.5, 0.6) is 0 Å². The van der Waals surface area contributed by atoms with Crippen molar-refractivity contribution in [3.8, 4) is 17.2 Å². The van der Waals surface area contributed by atoms with Crippen LogP contribution in [0.15, 0.2) is 59.9 Å². The van der Waals surface area contributed by atoms with Gasteiger partial charge in [0.2, 0.25) is 5.82 Å². The average molecular weight is 268 g/mol. The van der Waals surface area contributed by atoms with E-state index in [-0.39, 0.29) is 0 Å². The molecule has 3 aromatic rings. The number of benzene rings is 1. The van der Waals surface area contributed by atoms with Gasteiger partial charge in [-0.3, -0.25) is 4.98 Å². The molecule has 0 aliphatic carbocycles. The Labute approximate surface area is 115 Å². The third kappa shape index (κ3) is 2.37. The maximum Gasteiger partial charge on any atom is 0.201 e. The molecule has 0 saturated heterocycles. The van der Waals surface area contributed by atoms with E-state index in [2.05, 4.69) is 15.1 Å². The van der Waals surface area contributed by atoms with Crippen LogP contribution in [0.1, 0.15) is 0 Å². The topological polar surface area (TPSA) is 43.6 Å². The van der Waals surface area contributed by atoms with Crippen LogP contribution < -0.4 is 0 Å². The quantitative estimate of drug-likeness (QED) is 0.685. The normalized spacial score (nSPS) is 10.6. The van der Waals surface area contributed by atoms with E-state index in [1.807, 2.05) is 59.5 Å². The highest BCUT2D eigenvalue weighted by Crippen LogP contribution is 2.21. The molecule has 0 aliphatic rings. The maximum absolute atomic E-state index is 4.54. The van der Waals surface area contributed by atoms with Crippen LogP contribution in [0.25, 0.3) is 17.2 Å². The van der Waals surface area contributed by atoms with E-state index in [0.717, 1.165) is 16.5 Å². The number of aromatic nitrogens is 4. The van der Waals surface area contributed by atoms with Gasteiger partial charge >= 0.3 is 0 Å². The molecule has 1 aromatic carbocycles. The average Bonchev–Trinajstić information content (AvgIpc) is 2.93. The SMILES string of the molecule is CSc1nc(-c2ccccn2)nn1-c1ccccc1. The van der Waals surface area contributed by atoms with E-state index in [9.17, 15) is 0 Å². The molecule has 0 fully saturated rings. The summed E-state index contributed by atoms with van der Waals surface area (Å²) in [5, 5.41) is 5.40. The Hall–Kier alpha value is -2.14. The standard InChI is InChI=1S/C14H12N4S/c1-19-14-16-13(12-9-5-6-10-15-12)17-18(14)11-7-3-2-4-8-11/h2-10H,1H3. The van der Waals surface area contributed by atoms with Gasteiger partial charge in [-0.1, -0.05) is 36.0 Å². The van der Waals surface area contributed by atoms with Gasteiger partial charge in [-0.25, -0.2) is 4.68 Å². The van der Waals surface area contributed by atoms with Gasteiger partial charge in [0.1, 0.15) is 5.69 Å². The van der Waals surface area contributed by atoms with Gasteiger partial charge in [0.15, 0.2) is 5.16 Å². The number of hydrogen-bond donors (Lipinski definition) is 0. The van der Waals surface area contributed by atoms with E-state index in [1.165, 1.54) is 0 Å². The molecule has 0 unspecified atom stereocenters. The van der Waals surface area contributed by atoms with Gasteiger partial charge in [0.25, 0.3) is 0 Å². The minimum Gasteiger partial charge on any atom is -0.253 e. The highest BCUT2D eigenvalue weighted by molar-refractivity contribution is 7.98. The summed E-state index contributed by atoms with van der Waals surface area (Å²) in [5.74, 6) is 0.647. The zero-order valence-corrected chi connectivity index (χ0v) is 11.2. The highest BCUT2D eigenvalue weighted by atomic mass is 32.2. The number of nitrogens with zero attached hydrogens (tertiary/aromatic N) is 4. The maximum atomic E-state index is 4.54. The van der Waals surface area contributed by atoms with E-state index < -0.39 is 0 Å². The van der Waals surface area contributed by atoms with Crippen LogP contribution >= 0.6 is 11.8 Å². The van der Waals surface area contributed by atoms with Crippen LogP contribution in [0.3, 0.4) is 0 Å². The van der Waals surface area contributed by atoms with E-state index in [0.29, 0.717) is 5.82 Å². The molecule has 0 radical (unpaired) electrons. The predicted molar refractivity (Wildman–Crippen MR) is 76.4 cm³/mol. The van der Waals surface area contributed by atoms with Crippen LogP contribution in [-0.2, 0) is 0 Å². The Bertz CT molecular complexity index is 664. The third-order valence-corrected chi connectivity index (χ3v) is 3.28. The molecule has 0 spiro atoms. The fourth-order valence-electron chi connectivity index (χ4n) is 1.77. The van der Waals surface area contributed by atoms with Crippen LogP contribution in [0, 0.1) is 0 Å². The molecule has 4 nitrogen and oxygen atoms in total. The van der Waals surface area contributed by atoms with Gasteiger partial charge in [0, 0.05) is 6.20 Å². The van der Waals surface area contributed by atoms with Crippen LogP contribution in [0.4, 0.5) is 0 Å². The molecule has 2 heterocycles. The predicted octanol–water partition coefficient (Wildman–Crippen LogP) is 3.05. The number of thioether (sulfide) groups is 1. The van der Waals surface area contributed by atoms with Gasteiger partial charge < -0.3 is 0 Å². The number of para-hydroxylation sites is 1. The largest absolute Gasteiger partial charge is 0.253 e. The van der Waals surface area contributed by atoms with Crippen molar-refractivity contribution in [2.24, 2.45) is 0 Å². The first-order valence-corrected chi connectivity index (χ1v) is 7.09. The van der Waals surface area contributed by atoms with Crippen molar-refractivity contribution in [3.05, 3.63) is 54.7 Å². The highest BCUT2D eigenvalue weighted by Gasteiger charge is 2.12. The van der Waals surface area contributed by atoms with Gasteiger partial charge in [-0.2, -0.15) is 4.98 Å². The first kappa shape index (κ1) is 11.9. The van der Waals surface area contributed by atoms with Crippen molar-refractivity contribution in [2.45, 2.75) is 5.16 Å². The lowest BCUT2D eigenvalue weighted by Crippen LogP contribution is -1.97. The van der Waals surface area contributed by atoms with Gasteiger partial charge in [-0.15, -0.1) is 5.10 Å². The van der Waals surface area contributed by atoms with Gasteiger partial charge in [-0.05, 0) is 30.5 Å². The summed E-state index contributed by atoms with van der Waals surface area (Å²) >= 11 is 1.57. The smallest absolute Gasteiger partial charge is 0.201 e. The second-order valence-electron chi connectivity index (χ2n) is 3.88. The van der Waals surface area contributed by atoms with Crippen LogP contribution in [-0.4, -0.2) is 26.0 Å². The molecule has 94 valence electrons. The Kier molecular flexibility index (Phi) is 3.29. The molecule has 0 saturated carbocycles. The number of pyridine rings is 1. The lowest BCUT2D eigenvalue weighted by atomic mass is 10.3. The first-order chi connectivity index (χ1) is 9.38. The van der Waals surface area contributed by atoms with Crippen molar-refractivity contribution >= 4 is 11.8 Å². The van der Waals surface area contributed by atoms with Crippen molar-refractivity contribution in [1.29, 1.82) is 0 Å². The second kappa shape index (κ2) is 5.24. The molecule has 2 aromatic heterocycles. The van der Waals surface area contributed by atoms with E-state index in [4.69, 9.17) is 0 Å². The molecular formula is C14H12N4S. The zero-order chi connectivity index (χ0) is 13.1. The summed E-state index contributed by atoms with van der Waals surface area (Å²) in [6.45, 7) is 0. The minimum atomic E-state index is 0.647. The second-order valence-corrected chi connectivity index (χ2v) is 4.66. The molecule has 0 atom stereocenters. The lowest BCUT2D eigenvalue weighted by molar-refractivity contribution is 0.787. The molecule has 5 heteroatoms. The molecule has 0 bridgehead atoms. The molecule has 0 amide bonds. The molecule has 3 rings (SSSR count). The summed E-state index contributed by atoms with van der Waals surface area (Å²) in [5.41, 5.74) is 1.79. The van der Waals surface area contributed by atoms with E-state index in [1.54, 1.807) is 18.0 Å². The minimum absolute atomic E-state index is 0.647.